The highest BCUT2D eigenvalue weighted by molar-refractivity contribution is 5.96. The number of carbonyl (C=O) groups excluding carboxylic acids is 1. The standard InChI is InChI=1S/C19H23N3O4/c1-14-8-4-7-11-18(14)26-13-12-21(3)15(2)19(23)20-16-9-5-6-10-17(16)22(24)25/h4-11,15H,12-13H2,1-3H3,(H,20,23). The Morgan fingerprint density at radius 2 is 1.88 bits per heavy atom. The van der Waals surface area contributed by atoms with Crippen LogP contribution in [0.15, 0.2) is 48.5 Å². The number of hydrogen-bond donors (Lipinski definition) is 1. The minimum absolute atomic E-state index is 0.126. The zero-order chi connectivity index (χ0) is 19.1. The van der Waals surface area contributed by atoms with Crippen molar-refractivity contribution in [2.75, 3.05) is 25.5 Å². The molecule has 1 unspecified atom stereocenters. The molecule has 2 rings (SSSR count). The molecule has 0 aliphatic heterocycles. The lowest BCUT2D eigenvalue weighted by Gasteiger charge is -2.24. The van der Waals surface area contributed by atoms with Gasteiger partial charge in [-0.3, -0.25) is 19.8 Å². The first-order valence-corrected chi connectivity index (χ1v) is 8.33. The van der Waals surface area contributed by atoms with Crippen LogP contribution in [0.2, 0.25) is 0 Å². The second kappa shape index (κ2) is 8.96. The highest BCUT2D eigenvalue weighted by Crippen LogP contribution is 2.23. The van der Waals surface area contributed by atoms with Gasteiger partial charge in [-0.25, -0.2) is 0 Å². The Bertz CT molecular complexity index is 779. The Morgan fingerprint density at radius 3 is 2.58 bits per heavy atom. The van der Waals surface area contributed by atoms with E-state index in [4.69, 9.17) is 4.74 Å². The van der Waals surface area contributed by atoms with Gasteiger partial charge >= 0.3 is 0 Å². The molecule has 0 spiro atoms. The number of carbonyl (C=O) groups is 1. The first-order chi connectivity index (χ1) is 12.4. The zero-order valence-corrected chi connectivity index (χ0v) is 15.1. The van der Waals surface area contributed by atoms with Gasteiger partial charge in [0.15, 0.2) is 0 Å². The van der Waals surface area contributed by atoms with Gasteiger partial charge in [0.05, 0.1) is 11.0 Å². The first kappa shape index (κ1) is 19.4. The first-order valence-electron chi connectivity index (χ1n) is 8.33. The summed E-state index contributed by atoms with van der Waals surface area (Å²) in [5.74, 6) is 0.510. The average molecular weight is 357 g/mol. The summed E-state index contributed by atoms with van der Waals surface area (Å²) < 4.78 is 5.74. The third kappa shape index (κ3) is 5.03. The number of aryl methyl sites for hydroxylation is 1. The number of hydrogen-bond acceptors (Lipinski definition) is 5. The zero-order valence-electron chi connectivity index (χ0n) is 15.1. The number of nitro benzene ring substituents is 1. The number of anilines is 1. The molecule has 0 aromatic heterocycles. The van der Waals surface area contributed by atoms with Gasteiger partial charge in [-0.05, 0) is 38.6 Å². The molecule has 1 N–H and O–H groups in total. The van der Waals surface area contributed by atoms with Crippen molar-refractivity contribution in [1.29, 1.82) is 0 Å². The maximum absolute atomic E-state index is 12.4. The summed E-state index contributed by atoms with van der Waals surface area (Å²) in [5.41, 5.74) is 1.12. The molecule has 7 heteroatoms. The highest BCUT2D eigenvalue weighted by atomic mass is 16.6. The monoisotopic (exact) mass is 357 g/mol. The van der Waals surface area contributed by atoms with E-state index in [0.717, 1.165) is 11.3 Å². The minimum Gasteiger partial charge on any atom is -0.492 e. The molecule has 0 radical (unpaired) electrons. The van der Waals surface area contributed by atoms with Gasteiger partial charge in [-0.1, -0.05) is 30.3 Å². The molecule has 0 saturated heterocycles. The van der Waals surface area contributed by atoms with Gasteiger partial charge in [-0.15, -0.1) is 0 Å². The normalized spacial score (nSPS) is 11.8. The van der Waals surface area contributed by atoms with E-state index in [-0.39, 0.29) is 17.3 Å². The number of para-hydroxylation sites is 3. The Kier molecular flexibility index (Phi) is 6.68. The number of nitrogens with zero attached hydrogens (tertiary/aromatic N) is 2. The van der Waals surface area contributed by atoms with Gasteiger partial charge in [0, 0.05) is 12.6 Å². The number of benzene rings is 2. The van der Waals surface area contributed by atoms with E-state index in [2.05, 4.69) is 5.32 Å². The van der Waals surface area contributed by atoms with Crippen LogP contribution in [-0.2, 0) is 4.79 Å². The van der Waals surface area contributed by atoms with E-state index in [1.807, 2.05) is 43.1 Å². The lowest BCUT2D eigenvalue weighted by Crippen LogP contribution is -2.41. The van der Waals surface area contributed by atoms with Gasteiger partial charge in [0.1, 0.15) is 18.0 Å². The van der Waals surface area contributed by atoms with E-state index in [0.29, 0.717) is 13.2 Å². The topological polar surface area (TPSA) is 84.7 Å². The molecule has 1 amide bonds. The summed E-state index contributed by atoms with van der Waals surface area (Å²) >= 11 is 0. The molecule has 2 aromatic carbocycles. The van der Waals surface area contributed by atoms with Crippen molar-refractivity contribution in [3.05, 3.63) is 64.2 Å². The Balaban J connectivity index is 1.89. The predicted octanol–water partition coefficient (Wildman–Crippen LogP) is 3.24. The molecule has 7 nitrogen and oxygen atoms in total. The SMILES string of the molecule is Cc1ccccc1OCCN(C)C(C)C(=O)Nc1ccccc1[N+](=O)[O-]. The fraction of sp³-hybridized carbons (Fsp3) is 0.316. The molecule has 0 aliphatic carbocycles. The van der Waals surface area contributed by atoms with Crippen LogP contribution >= 0.6 is 0 Å². The fourth-order valence-corrected chi connectivity index (χ4v) is 2.39. The molecule has 1 atom stereocenters. The second-order valence-electron chi connectivity index (χ2n) is 6.03. The maximum Gasteiger partial charge on any atom is 0.292 e. The van der Waals surface area contributed by atoms with Crippen molar-refractivity contribution in [2.45, 2.75) is 19.9 Å². The van der Waals surface area contributed by atoms with Crippen LogP contribution in [0.5, 0.6) is 5.75 Å². The number of nitrogens with one attached hydrogen (secondary N) is 1. The third-order valence-electron chi connectivity index (χ3n) is 4.19. The highest BCUT2D eigenvalue weighted by Gasteiger charge is 2.21. The summed E-state index contributed by atoms with van der Waals surface area (Å²) in [4.78, 5) is 24.8. The van der Waals surface area contributed by atoms with E-state index in [1.54, 1.807) is 19.1 Å². The van der Waals surface area contributed by atoms with E-state index in [1.165, 1.54) is 12.1 Å². The summed E-state index contributed by atoms with van der Waals surface area (Å²) in [7, 11) is 1.81. The molecular formula is C19H23N3O4. The second-order valence-corrected chi connectivity index (χ2v) is 6.03. The van der Waals surface area contributed by atoms with Crippen LogP contribution in [0.25, 0.3) is 0 Å². The Hall–Kier alpha value is -2.93. The fourth-order valence-electron chi connectivity index (χ4n) is 2.39. The van der Waals surface area contributed by atoms with Crippen LogP contribution in [0.3, 0.4) is 0 Å². The predicted molar refractivity (Wildman–Crippen MR) is 100 cm³/mol. The summed E-state index contributed by atoms with van der Waals surface area (Å²) in [5, 5.41) is 13.7. The van der Waals surface area contributed by atoms with Crippen molar-refractivity contribution in [3.8, 4) is 5.75 Å². The van der Waals surface area contributed by atoms with Crippen LogP contribution in [0.4, 0.5) is 11.4 Å². The van der Waals surface area contributed by atoms with E-state index >= 15 is 0 Å². The summed E-state index contributed by atoms with van der Waals surface area (Å²) in [6, 6.07) is 13.4. The number of nitro groups is 1. The third-order valence-corrected chi connectivity index (χ3v) is 4.19. The largest absolute Gasteiger partial charge is 0.492 e. The van der Waals surface area contributed by atoms with Crippen LogP contribution in [0.1, 0.15) is 12.5 Å². The Labute approximate surface area is 152 Å². The van der Waals surface area contributed by atoms with Gasteiger partial charge in [-0.2, -0.15) is 0 Å². The molecular weight excluding hydrogens is 334 g/mol. The molecule has 0 fully saturated rings. The van der Waals surface area contributed by atoms with Gasteiger partial charge in [0.2, 0.25) is 5.91 Å². The average Bonchev–Trinajstić information content (AvgIpc) is 2.62. The number of rotatable bonds is 8. The quantitative estimate of drug-likeness (QED) is 0.579. The summed E-state index contributed by atoms with van der Waals surface area (Å²) in [6.45, 7) is 4.70. The van der Waals surface area contributed by atoms with Crippen molar-refractivity contribution in [1.82, 2.24) is 4.90 Å². The summed E-state index contributed by atoms with van der Waals surface area (Å²) in [6.07, 6.45) is 0. The molecule has 0 bridgehead atoms. The molecule has 0 saturated carbocycles. The molecule has 138 valence electrons. The number of ether oxygens (including phenoxy) is 1. The molecule has 26 heavy (non-hydrogen) atoms. The number of amides is 1. The lowest BCUT2D eigenvalue weighted by atomic mass is 10.2. The lowest BCUT2D eigenvalue weighted by molar-refractivity contribution is -0.383. The molecule has 0 heterocycles. The van der Waals surface area contributed by atoms with Crippen LogP contribution in [0, 0.1) is 17.0 Å². The molecule has 2 aromatic rings. The van der Waals surface area contributed by atoms with Crippen molar-refractivity contribution in [2.24, 2.45) is 0 Å². The van der Waals surface area contributed by atoms with Crippen molar-refractivity contribution < 1.29 is 14.5 Å². The molecule has 0 aliphatic rings. The van der Waals surface area contributed by atoms with Gasteiger partial charge < -0.3 is 10.1 Å². The van der Waals surface area contributed by atoms with E-state index in [9.17, 15) is 14.9 Å². The van der Waals surface area contributed by atoms with Crippen molar-refractivity contribution in [3.63, 3.8) is 0 Å². The van der Waals surface area contributed by atoms with Crippen LogP contribution < -0.4 is 10.1 Å². The van der Waals surface area contributed by atoms with E-state index < -0.39 is 11.0 Å². The smallest absolute Gasteiger partial charge is 0.292 e. The van der Waals surface area contributed by atoms with Crippen LogP contribution in [-0.4, -0.2) is 42.0 Å². The van der Waals surface area contributed by atoms with Gasteiger partial charge in [0.25, 0.3) is 5.69 Å². The number of likely N-dealkylation sites (N-methyl/N-ethyl adjacent to an activating group) is 1. The minimum atomic E-state index is -0.514. The Morgan fingerprint density at radius 1 is 1.23 bits per heavy atom. The van der Waals surface area contributed by atoms with Crippen molar-refractivity contribution >= 4 is 17.3 Å². The maximum atomic E-state index is 12.4.